The molecule has 0 heterocycles. The Labute approximate surface area is 154 Å². The summed E-state index contributed by atoms with van der Waals surface area (Å²) >= 11 is 0. The van der Waals surface area contributed by atoms with Crippen LogP contribution in [0.4, 0.5) is 0 Å². The van der Waals surface area contributed by atoms with E-state index in [2.05, 4.69) is 90.1 Å². The van der Waals surface area contributed by atoms with Crippen LogP contribution in [0, 0.1) is 0 Å². The lowest BCUT2D eigenvalue weighted by Gasteiger charge is -2.35. The van der Waals surface area contributed by atoms with Gasteiger partial charge in [0.05, 0.1) is 0 Å². The van der Waals surface area contributed by atoms with Crippen molar-refractivity contribution in [2.75, 3.05) is 13.2 Å². The molecular weight excluding hydrogens is 324 g/mol. The fourth-order valence-electron chi connectivity index (χ4n) is 3.50. The molecule has 136 valence electrons. The first kappa shape index (κ1) is 19.9. The first-order chi connectivity index (χ1) is 12.0. The second-order valence-corrected chi connectivity index (χ2v) is 9.85. The molecule has 0 aliphatic rings. The van der Waals surface area contributed by atoms with E-state index >= 15 is 0 Å². The molecule has 0 unspecified atom stereocenters. The summed E-state index contributed by atoms with van der Waals surface area (Å²) < 4.78 is 13.1. The first-order valence-corrected chi connectivity index (χ1v) is 11.3. The molecule has 0 amide bonds. The third-order valence-electron chi connectivity index (χ3n) is 4.57. The van der Waals surface area contributed by atoms with Crippen LogP contribution in [0.1, 0.15) is 64.5 Å². The van der Waals surface area contributed by atoms with Gasteiger partial charge in [-0.1, -0.05) is 76.2 Å². The predicted molar refractivity (Wildman–Crippen MR) is 109 cm³/mol. The maximum Gasteiger partial charge on any atom is 0.407 e. The fraction of sp³-hybridized carbons (Fsp3) is 0.455. The largest absolute Gasteiger partial charge is 0.407 e. The standard InChI is InChI=1S/C22H32O2Si/c1-7-23-25(24-8-2,21-15-11-9-13-19(21)17(3)4)22-16-12-10-14-20(22)18(5)6/h9-18H,7-8H2,1-6H3. The Bertz CT molecular complexity index is 620. The van der Waals surface area contributed by atoms with Crippen LogP contribution >= 0.6 is 0 Å². The van der Waals surface area contributed by atoms with Crippen molar-refractivity contribution >= 4 is 18.9 Å². The summed E-state index contributed by atoms with van der Waals surface area (Å²) in [7, 11) is -2.76. The van der Waals surface area contributed by atoms with Crippen LogP contribution in [0.3, 0.4) is 0 Å². The minimum Gasteiger partial charge on any atom is -0.388 e. The summed E-state index contributed by atoms with van der Waals surface area (Å²) in [5.74, 6) is 0.852. The summed E-state index contributed by atoms with van der Waals surface area (Å²) in [6.45, 7) is 14.4. The number of rotatable bonds is 8. The van der Waals surface area contributed by atoms with Crippen molar-refractivity contribution in [3.8, 4) is 0 Å². The maximum atomic E-state index is 6.54. The van der Waals surface area contributed by atoms with Gasteiger partial charge >= 0.3 is 8.56 Å². The van der Waals surface area contributed by atoms with Crippen molar-refractivity contribution < 1.29 is 8.85 Å². The molecule has 0 N–H and O–H groups in total. The zero-order valence-electron chi connectivity index (χ0n) is 16.5. The predicted octanol–water partition coefficient (Wildman–Crippen LogP) is 4.56. The molecule has 0 fully saturated rings. The van der Waals surface area contributed by atoms with Gasteiger partial charge in [0.25, 0.3) is 0 Å². The van der Waals surface area contributed by atoms with Crippen molar-refractivity contribution in [1.29, 1.82) is 0 Å². The molecule has 0 aliphatic carbocycles. The van der Waals surface area contributed by atoms with Gasteiger partial charge in [-0.15, -0.1) is 0 Å². The topological polar surface area (TPSA) is 18.5 Å². The van der Waals surface area contributed by atoms with Gasteiger partial charge in [0, 0.05) is 23.6 Å². The Morgan fingerprint density at radius 2 is 1.04 bits per heavy atom. The van der Waals surface area contributed by atoms with Crippen molar-refractivity contribution in [3.05, 3.63) is 59.7 Å². The summed E-state index contributed by atoms with van der Waals surface area (Å²) in [6.07, 6.45) is 0. The molecule has 0 bridgehead atoms. The molecular formula is C22H32O2Si. The van der Waals surface area contributed by atoms with E-state index in [1.54, 1.807) is 0 Å². The second-order valence-electron chi connectivity index (χ2n) is 6.97. The van der Waals surface area contributed by atoms with Gasteiger partial charge in [-0.25, -0.2) is 0 Å². The summed E-state index contributed by atoms with van der Waals surface area (Å²) in [5, 5.41) is 2.50. The van der Waals surface area contributed by atoms with Gasteiger partial charge < -0.3 is 8.85 Å². The lowest BCUT2D eigenvalue weighted by atomic mass is 10.0. The Morgan fingerprint density at radius 3 is 1.36 bits per heavy atom. The van der Waals surface area contributed by atoms with Gasteiger partial charge in [-0.3, -0.25) is 0 Å². The van der Waals surface area contributed by atoms with E-state index in [-0.39, 0.29) is 0 Å². The summed E-state index contributed by atoms with van der Waals surface area (Å²) in [5.41, 5.74) is 2.66. The summed E-state index contributed by atoms with van der Waals surface area (Å²) in [6, 6.07) is 17.3. The highest BCUT2D eigenvalue weighted by molar-refractivity contribution is 6.93. The van der Waals surface area contributed by atoms with Crippen molar-refractivity contribution in [1.82, 2.24) is 0 Å². The summed E-state index contributed by atoms with van der Waals surface area (Å²) in [4.78, 5) is 0. The molecule has 0 aliphatic heterocycles. The molecule has 0 atom stereocenters. The molecule has 2 nitrogen and oxygen atoms in total. The van der Waals surface area contributed by atoms with Gasteiger partial charge in [-0.2, -0.15) is 0 Å². The lowest BCUT2D eigenvalue weighted by Crippen LogP contribution is -2.65. The molecule has 2 aromatic rings. The Morgan fingerprint density at radius 1 is 0.680 bits per heavy atom. The Balaban J connectivity index is 2.81. The van der Waals surface area contributed by atoms with Crippen LogP contribution in [0.15, 0.2) is 48.5 Å². The second kappa shape index (κ2) is 8.79. The average molecular weight is 357 g/mol. The number of hydrogen-bond acceptors (Lipinski definition) is 2. The minimum atomic E-state index is -2.76. The highest BCUT2D eigenvalue weighted by atomic mass is 28.4. The molecule has 0 saturated heterocycles. The molecule has 0 aromatic heterocycles. The van der Waals surface area contributed by atoms with Crippen molar-refractivity contribution in [2.24, 2.45) is 0 Å². The molecule has 0 saturated carbocycles. The third kappa shape index (κ3) is 4.05. The normalized spacial score (nSPS) is 12.2. The van der Waals surface area contributed by atoms with Gasteiger partial charge in [0.15, 0.2) is 0 Å². The first-order valence-electron chi connectivity index (χ1n) is 9.44. The Hall–Kier alpha value is -1.42. The molecule has 25 heavy (non-hydrogen) atoms. The number of hydrogen-bond donors (Lipinski definition) is 0. The maximum absolute atomic E-state index is 6.54. The van der Waals surface area contributed by atoms with E-state index in [4.69, 9.17) is 8.85 Å². The lowest BCUT2D eigenvalue weighted by molar-refractivity contribution is 0.208. The Kier molecular flexibility index (Phi) is 7.00. The molecule has 3 heteroatoms. The van der Waals surface area contributed by atoms with E-state index < -0.39 is 8.56 Å². The van der Waals surface area contributed by atoms with E-state index in [1.807, 2.05) is 0 Å². The molecule has 2 rings (SSSR count). The van der Waals surface area contributed by atoms with Gasteiger partial charge in [0.1, 0.15) is 0 Å². The fourth-order valence-corrected chi connectivity index (χ4v) is 7.45. The average Bonchev–Trinajstić information content (AvgIpc) is 2.61. The SMILES string of the molecule is CCO[Si](OCC)(c1ccccc1C(C)C)c1ccccc1C(C)C. The van der Waals surface area contributed by atoms with Crippen LogP contribution in [0.25, 0.3) is 0 Å². The van der Waals surface area contributed by atoms with Crippen LogP contribution in [0.2, 0.25) is 0 Å². The third-order valence-corrected chi connectivity index (χ3v) is 8.29. The van der Waals surface area contributed by atoms with Crippen LogP contribution in [0.5, 0.6) is 0 Å². The van der Waals surface area contributed by atoms with Crippen molar-refractivity contribution in [3.63, 3.8) is 0 Å². The van der Waals surface area contributed by atoms with Gasteiger partial charge in [0.2, 0.25) is 0 Å². The quantitative estimate of drug-likeness (QED) is 0.645. The van der Waals surface area contributed by atoms with E-state index in [1.165, 1.54) is 21.5 Å². The molecule has 0 spiro atoms. The molecule has 0 radical (unpaired) electrons. The van der Waals surface area contributed by atoms with Crippen LogP contribution in [-0.2, 0) is 8.85 Å². The van der Waals surface area contributed by atoms with Crippen LogP contribution < -0.4 is 10.4 Å². The highest BCUT2D eigenvalue weighted by Crippen LogP contribution is 2.22. The van der Waals surface area contributed by atoms with Gasteiger partial charge in [-0.05, 0) is 36.8 Å². The van der Waals surface area contributed by atoms with E-state index in [0.717, 1.165) is 0 Å². The van der Waals surface area contributed by atoms with E-state index in [9.17, 15) is 0 Å². The minimum absolute atomic E-state index is 0.426. The monoisotopic (exact) mass is 356 g/mol. The zero-order chi connectivity index (χ0) is 18.4. The highest BCUT2D eigenvalue weighted by Gasteiger charge is 2.45. The van der Waals surface area contributed by atoms with Crippen LogP contribution in [-0.4, -0.2) is 21.8 Å². The smallest absolute Gasteiger partial charge is 0.388 e. The van der Waals surface area contributed by atoms with Crippen molar-refractivity contribution in [2.45, 2.75) is 53.4 Å². The zero-order valence-corrected chi connectivity index (χ0v) is 17.5. The molecule has 2 aromatic carbocycles. The van der Waals surface area contributed by atoms with E-state index in [0.29, 0.717) is 25.0 Å². The number of benzene rings is 2.